The largest absolute Gasteiger partial charge is 0.315 e. The summed E-state index contributed by atoms with van der Waals surface area (Å²) in [5, 5.41) is 4.56. The van der Waals surface area contributed by atoms with Crippen LogP contribution in [0.1, 0.15) is 10.4 Å². The minimum Gasteiger partial charge on any atom is -0.315 e. The topological polar surface area (TPSA) is 58.2 Å². The van der Waals surface area contributed by atoms with Crippen LogP contribution in [0.2, 0.25) is 0 Å². The molecule has 0 aliphatic heterocycles. The fourth-order valence-electron chi connectivity index (χ4n) is 1.68. The summed E-state index contributed by atoms with van der Waals surface area (Å²) in [6.07, 6.45) is 0. The van der Waals surface area contributed by atoms with Crippen LogP contribution in [-0.4, -0.2) is 15.5 Å². The molecule has 1 aromatic carbocycles. The summed E-state index contributed by atoms with van der Waals surface area (Å²) in [5.41, 5.74) is 0.583. The standard InChI is InChI=1S/C13H15FN2O2S2/c1-15-8-12-6-13(9-19-12)20(17,18)16-7-10-3-2-4-11(14)5-10/h2-6,9,15-16H,7-8H2,1H3. The predicted octanol–water partition coefficient (Wildman–Crippen LogP) is 2.09. The summed E-state index contributed by atoms with van der Waals surface area (Å²) in [4.78, 5) is 1.18. The lowest BCUT2D eigenvalue weighted by Gasteiger charge is -2.05. The van der Waals surface area contributed by atoms with E-state index in [1.807, 2.05) is 0 Å². The highest BCUT2D eigenvalue weighted by molar-refractivity contribution is 7.89. The van der Waals surface area contributed by atoms with Gasteiger partial charge in [0.25, 0.3) is 0 Å². The first kappa shape index (κ1) is 15.1. The number of nitrogens with one attached hydrogen (secondary N) is 2. The number of hydrogen-bond donors (Lipinski definition) is 2. The molecule has 0 spiro atoms. The van der Waals surface area contributed by atoms with Crippen molar-refractivity contribution in [3.8, 4) is 0 Å². The Balaban J connectivity index is 2.06. The van der Waals surface area contributed by atoms with Gasteiger partial charge in [0.2, 0.25) is 10.0 Å². The lowest BCUT2D eigenvalue weighted by Crippen LogP contribution is -2.22. The van der Waals surface area contributed by atoms with E-state index in [1.165, 1.54) is 23.5 Å². The van der Waals surface area contributed by atoms with Crippen LogP contribution >= 0.6 is 11.3 Å². The van der Waals surface area contributed by atoms with E-state index >= 15 is 0 Å². The molecule has 0 saturated heterocycles. The third-order valence-corrected chi connectivity index (χ3v) is 5.11. The Kier molecular flexibility index (Phi) is 4.87. The highest BCUT2D eigenvalue weighted by Crippen LogP contribution is 2.19. The summed E-state index contributed by atoms with van der Waals surface area (Å²) in [6, 6.07) is 7.48. The Morgan fingerprint density at radius 3 is 2.75 bits per heavy atom. The van der Waals surface area contributed by atoms with Crippen LogP contribution in [0.5, 0.6) is 0 Å². The normalized spacial score (nSPS) is 11.7. The number of hydrogen-bond acceptors (Lipinski definition) is 4. The molecule has 2 aromatic rings. The van der Waals surface area contributed by atoms with Gasteiger partial charge in [0, 0.05) is 23.3 Å². The first-order chi connectivity index (χ1) is 9.51. The van der Waals surface area contributed by atoms with Crippen LogP contribution in [0, 0.1) is 5.82 Å². The molecule has 108 valence electrons. The van der Waals surface area contributed by atoms with Gasteiger partial charge in [-0.25, -0.2) is 17.5 Å². The Labute approximate surface area is 121 Å². The zero-order valence-corrected chi connectivity index (χ0v) is 12.5. The summed E-state index contributed by atoms with van der Waals surface area (Å²) in [7, 11) is -1.76. The average Bonchev–Trinajstić information content (AvgIpc) is 2.87. The molecule has 0 radical (unpaired) electrons. The second-order valence-electron chi connectivity index (χ2n) is 4.23. The zero-order valence-electron chi connectivity index (χ0n) is 10.9. The van der Waals surface area contributed by atoms with E-state index in [9.17, 15) is 12.8 Å². The molecular weight excluding hydrogens is 299 g/mol. The molecule has 0 atom stereocenters. The molecule has 4 nitrogen and oxygen atoms in total. The quantitative estimate of drug-likeness (QED) is 0.858. The van der Waals surface area contributed by atoms with Gasteiger partial charge in [0.15, 0.2) is 0 Å². The van der Waals surface area contributed by atoms with E-state index in [-0.39, 0.29) is 17.3 Å². The van der Waals surface area contributed by atoms with Gasteiger partial charge in [-0.1, -0.05) is 12.1 Å². The number of rotatable bonds is 6. The van der Waals surface area contributed by atoms with Crippen molar-refractivity contribution in [2.75, 3.05) is 7.05 Å². The summed E-state index contributed by atoms with van der Waals surface area (Å²) >= 11 is 1.38. The number of benzene rings is 1. The summed E-state index contributed by atoms with van der Waals surface area (Å²) in [5.74, 6) is -0.381. The maximum absolute atomic E-state index is 13.0. The van der Waals surface area contributed by atoms with E-state index in [2.05, 4.69) is 10.0 Å². The second-order valence-corrected chi connectivity index (χ2v) is 7.00. The number of halogens is 1. The van der Waals surface area contributed by atoms with E-state index in [4.69, 9.17) is 0 Å². The molecule has 0 amide bonds. The van der Waals surface area contributed by atoms with Gasteiger partial charge < -0.3 is 5.32 Å². The van der Waals surface area contributed by atoms with Gasteiger partial charge in [0.1, 0.15) is 5.82 Å². The fourth-order valence-corrected chi connectivity index (χ4v) is 3.98. The van der Waals surface area contributed by atoms with Crippen molar-refractivity contribution in [3.63, 3.8) is 0 Å². The van der Waals surface area contributed by atoms with Gasteiger partial charge in [-0.3, -0.25) is 0 Å². The molecule has 7 heteroatoms. The lowest BCUT2D eigenvalue weighted by molar-refractivity contribution is 0.580. The SMILES string of the molecule is CNCc1cc(S(=O)(=O)NCc2cccc(F)c2)cs1. The highest BCUT2D eigenvalue weighted by atomic mass is 32.2. The Morgan fingerprint density at radius 1 is 1.25 bits per heavy atom. The van der Waals surface area contributed by atoms with Crippen LogP contribution in [0.4, 0.5) is 4.39 Å². The molecule has 0 saturated carbocycles. The number of thiophene rings is 1. The van der Waals surface area contributed by atoms with Gasteiger partial charge >= 0.3 is 0 Å². The fraction of sp³-hybridized carbons (Fsp3) is 0.231. The first-order valence-corrected chi connectivity index (χ1v) is 8.33. The Morgan fingerprint density at radius 2 is 2.05 bits per heavy atom. The summed E-state index contributed by atoms with van der Waals surface area (Å²) < 4.78 is 39.7. The van der Waals surface area contributed by atoms with Crippen molar-refractivity contribution in [3.05, 3.63) is 52.0 Å². The molecule has 0 aliphatic carbocycles. The van der Waals surface area contributed by atoms with Gasteiger partial charge in [-0.15, -0.1) is 11.3 Å². The van der Waals surface area contributed by atoms with E-state index in [1.54, 1.807) is 30.6 Å². The molecule has 2 N–H and O–H groups in total. The monoisotopic (exact) mass is 314 g/mol. The maximum Gasteiger partial charge on any atom is 0.241 e. The predicted molar refractivity (Wildman–Crippen MR) is 77.5 cm³/mol. The van der Waals surface area contributed by atoms with Crippen LogP contribution in [-0.2, 0) is 23.1 Å². The van der Waals surface area contributed by atoms with E-state index in [0.717, 1.165) is 4.88 Å². The lowest BCUT2D eigenvalue weighted by atomic mass is 10.2. The third-order valence-electron chi connectivity index (χ3n) is 2.65. The Bertz CT molecular complexity index is 683. The zero-order chi connectivity index (χ0) is 14.6. The smallest absolute Gasteiger partial charge is 0.241 e. The van der Waals surface area contributed by atoms with Gasteiger partial charge in [0.05, 0.1) is 4.90 Å². The molecule has 20 heavy (non-hydrogen) atoms. The molecule has 1 heterocycles. The van der Waals surface area contributed by atoms with Crippen LogP contribution in [0.15, 0.2) is 40.6 Å². The van der Waals surface area contributed by atoms with Crippen LogP contribution in [0.3, 0.4) is 0 Å². The van der Waals surface area contributed by atoms with E-state index in [0.29, 0.717) is 12.1 Å². The molecule has 0 unspecified atom stereocenters. The van der Waals surface area contributed by atoms with Crippen molar-refractivity contribution in [2.24, 2.45) is 0 Å². The van der Waals surface area contributed by atoms with Crippen LogP contribution in [0.25, 0.3) is 0 Å². The minimum absolute atomic E-state index is 0.0668. The first-order valence-electron chi connectivity index (χ1n) is 5.97. The Hall–Kier alpha value is -1.28. The van der Waals surface area contributed by atoms with E-state index < -0.39 is 10.0 Å². The third kappa shape index (κ3) is 3.86. The van der Waals surface area contributed by atoms with Crippen molar-refractivity contribution < 1.29 is 12.8 Å². The van der Waals surface area contributed by atoms with Crippen LogP contribution < -0.4 is 10.0 Å². The highest BCUT2D eigenvalue weighted by Gasteiger charge is 2.15. The molecular formula is C13H15FN2O2S2. The van der Waals surface area contributed by atoms with Crippen molar-refractivity contribution >= 4 is 21.4 Å². The average molecular weight is 314 g/mol. The molecule has 1 aromatic heterocycles. The summed E-state index contributed by atoms with van der Waals surface area (Å²) in [6.45, 7) is 0.696. The van der Waals surface area contributed by atoms with Crippen molar-refractivity contribution in [1.29, 1.82) is 0 Å². The molecule has 0 aliphatic rings. The molecule has 2 rings (SSSR count). The maximum atomic E-state index is 13.0. The van der Waals surface area contributed by atoms with Gasteiger partial charge in [-0.05, 0) is 30.8 Å². The minimum atomic E-state index is -3.56. The molecule has 0 bridgehead atoms. The van der Waals surface area contributed by atoms with Crippen molar-refractivity contribution in [1.82, 2.24) is 10.0 Å². The van der Waals surface area contributed by atoms with Crippen molar-refractivity contribution in [2.45, 2.75) is 18.0 Å². The second kappa shape index (κ2) is 6.45. The van der Waals surface area contributed by atoms with Gasteiger partial charge in [-0.2, -0.15) is 0 Å². The molecule has 0 fully saturated rings. The number of sulfonamides is 1.